The van der Waals surface area contributed by atoms with E-state index >= 15 is 0 Å². The number of halogens is 1. The number of esters is 1. The van der Waals surface area contributed by atoms with Crippen molar-refractivity contribution >= 4 is 34.6 Å². The van der Waals surface area contributed by atoms with Crippen molar-refractivity contribution in [3.63, 3.8) is 0 Å². The van der Waals surface area contributed by atoms with Gasteiger partial charge in [-0.05, 0) is 49.2 Å². The fourth-order valence-electron chi connectivity index (χ4n) is 5.22. The molecule has 1 fully saturated rings. The van der Waals surface area contributed by atoms with Gasteiger partial charge in [-0.3, -0.25) is 14.3 Å². The first-order chi connectivity index (χ1) is 21.4. The zero-order valence-electron chi connectivity index (χ0n) is 24.3. The van der Waals surface area contributed by atoms with Crippen LogP contribution in [0, 0.1) is 0 Å². The third-order valence-corrected chi connectivity index (χ3v) is 7.89. The Labute approximate surface area is 260 Å². The molecule has 2 aromatic heterocycles. The number of carbonyl (C=O) groups excluding carboxylic acids is 1. The molecule has 2 aromatic carbocycles. The second-order valence-corrected chi connectivity index (χ2v) is 11.2. The van der Waals surface area contributed by atoms with Gasteiger partial charge in [0.15, 0.2) is 17.7 Å². The standard InChI is InChI=1S/C31H38ClN7O5/c32-23-10-8-21(9-11-23)12-13-34-14-16-38(15-4-7-25(40)43-18-22-5-2-1-3-6-22)17-24-27(41)28(42)31(44-24)39-20-37-26-29(33)35-19-36-30(26)39/h1-3,5-6,8-11,19-20,24,27-28,31,34,41-42H,4,7,12-18H2,(H2,33,35,36)/t24-,27-,28-,31-/m1/s1. The van der Waals surface area contributed by atoms with Gasteiger partial charge in [-0.25, -0.2) is 15.0 Å². The number of ether oxygens (including phenoxy) is 2. The lowest BCUT2D eigenvalue weighted by atomic mass is 10.1. The van der Waals surface area contributed by atoms with Crippen LogP contribution in [-0.4, -0.2) is 91.6 Å². The van der Waals surface area contributed by atoms with Crippen molar-refractivity contribution in [1.29, 1.82) is 0 Å². The quantitative estimate of drug-likeness (QED) is 0.114. The number of fused-ring (bicyclic) bond motifs is 1. The molecule has 13 heteroatoms. The predicted molar refractivity (Wildman–Crippen MR) is 166 cm³/mol. The smallest absolute Gasteiger partial charge is 0.306 e. The maximum atomic E-state index is 12.4. The van der Waals surface area contributed by atoms with Gasteiger partial charge in [-0.15, -0.1) is 0 Å². The summed E-state index contributed by atoms with van der Waals surface area (Å²) in [6.07, 6.45) is 0.529. The number of hydrogen-bond donors (Lipinski definition) is 4. The lowest BCUT2D eigenvalue weighted by Crippen LogP contribution is -2.43. The minimum atomic E-state index is -1.21. The lowest BCUT2D eigenvalue weighted by molar-refractivity contribution is -0.145. The van der Waals surface area contributed by atoms with Crippen molar-refractivity contribution in [2.75, 3.05) is 38.5 Å². The number of carbonyl (C=O) groups is 1. The number of nitrogen functional groups attached to an aromatic ring is 1. The fraction of sp³-hybridized carbons (Fsp3) is 0.419. The maximum absolute atomic E-state index is 12.4. The van der Waals surface area contributed by atoms with Crippen molar-refractivity contribution in [2.24, 2.45) is 0 Å². The molecule has 0 saturated carbocycles. The molecule has 0 amide bonds. The molecule has 44 heavy (non-hydrogen) atoms. The highest BCUT2D eigenvalue weighted by molar-refractivity contribution is 6.30. The molecule has 1 aliphatic rings. The van der Waals surface area contributed by atoms with Gasteiger partial charge >= 0.3 is 5.97 Å². The molecular weight excluding hydrogens is 586 g/mol. The molecule has 1 saturated heterocycles. The fourth-order valence-corrected chi connectivity index (χ4v) is 5.34. The van der Waals surface area contributed by atoms with Gasteiger partial charge in [0.1, 0.15) is 36.8 Å². The molecule has 0 bridgehead atoms. The average Bonchev–Trinajstić information content (AvgIpc) is 3.58. The Morgan fingerprint density at radius 2 is 1.82 bits per heavy atom. The van der Waals surface area contributed by atoms with Gasteiger partial charge in [-0.2, -0.15) is 0 Å². The monoisotopic (exact) mass is 623 g/mol. The number of nitrogens with zero attached hydrogens (tertiary/aromatic N) is 5. The first kappa shape index (κ1) is 31.8. The molecule has 0 aliphatic carbocycles. The number of aliphatic hydroxyl groups is 2. The Morgan fingerprint density at radius 1 is 1.02 bits per heavy atom. The number of rotatable bonds is 15. The van der Waals surface area contributed by atoms with E-state index in [9.17, 15) is 15.0 Å². The van der Waals surface area contributed by atoms with Crippen molar-refractivity contribution in [1.82, 2.24) is 29.7 Å². The molecule has 4 atom stereocenters. The first-order valence-electron chi connectivity index (χ1n) is 14.7. The highest BCUT2D eigenvalue weighted by Gasteiger charge is 2.44. The van der Waals surface area contributed by atoms with E-state index in [2.05, 4.69) is 25.2 Å². The molecule has 12 nitrogen and oxygen atoms in total. The van der Waals surface area contributed by atoms with E-state index in [0.29, 0.717) is 48.8 Å². The van der Waals surface area contributed by atoms with Crippen LogP contribution in [0.4, 0.5) is 5.82 Å². The van der Waals surface area contributed by atoms with Crippen LogP contribution in [-0.2, 0) is 27.3 Å². The molecule has 3 heterocycles. The van der Waals surface area contributed by atoms with E-state index < -0.39 is 24.5 Å². The van der Waals surface area contributed by atoms with Gasteiger partial charge in [0, 0.05) is 31.1 Å². The summed E-state index contributed by atoms with van der Waals surface area (Å²) in [5.41, 5.74) is 8.85. The van der Waals surface area contributed by atoms with Crippen molar-refractivity contribution < 1.29 is 24.5 Å². The van der Waals surface area contributed by atoms with Crippen LogP contribution >= 0.6 is 11.6 Å². The third kappa shape index (κ3) is 8.29. The lowest BCUT2D eigenvalue weighted by Gasteiger charge is -2.27. The van der Waals surface area contributed by atoms with Gasteiger partial charge in [0.05, 0.1) is 6.33 Å². The number of benzene rings is 2. The molecule has 4 aromatic rings. The van der Waals surface area contributed by atoms with E-state index in [1.807, 2.05) is 54.6 Å². The van der Waals surface area contributed by atoms with Crippen LogP contribution in [0.15, 0.2) is 67.3 Å². The molecule has 5 N–H and O–H groups in total. The zero-order chi connectivity index (χ0) is 30.9. The molecule has 234 valence electrons. The summed E-state index contributed by atoms with van der Waals surface area (Å²) >= 11 is 5.99. The Morgan fingerprint density at radius 3 is 2.61 bits per heavy atom. The van der Waals surface area contributed by atoms with Crippen LogP contribution in [0.3, 0.4) is 0 Å². The number of anilines is 1. The SMILES string of the molecule is Nc1ncnc2c1ncn2[C@@H]1O[C@H](CN(CCCC(=O)OCc2ccccc2)CCNCCc2ccc(Cl)cc2)[C@@H](O)[C@H]1O. The molecule has 0 radical (unpaired) electrons. The normalized spacial score (nSPS) is 20.0. The largest absolute Gasteiger partial charge is 0.461 e. The Kier molecular flexibility index (Phi) is 11.1. The summed E-state index contributed by atoms with van der Waals surface area (Å²) in [6.45, 7) is 3.26. The topological polar surface area (TPSA) is 161 Å². The molecule has 5 rings (SSSR count). The number of nitrogens with one attached hydrogen (secondary N) is 1. The van der Waals surface area contributed by atoms with E-state index in [0.717, 1.165) is 18.5 Å². The summed E-state index contributed by atoms with van der Waals surface area (Å²) in [6, 6.07) is 17.3. The number of hydrogen-bond acceptors (Lipinski definition) is 11. The number of imidazole rings is 1. The van der Waals surface area contributed by atoms with Crippen molar-refractivity contribution in [3.8, 4) is 0 Å². The van der Waals surface area contributed by atoms with Crippen molar-refractivity contribution in [2.45, 2.75) is 50.4 Å². The Hall–Kier alpha value is -3.65. The van der Waals surface area contributed by atoms with Crippen LogP contribution in [0.2, 0.25) is 5.02 Å². The highest BCUT2D eigenvalue weighted by atomic mass is 35.5. The van der Waals surface area contributed by atoms with E-state index in [1.165, 1.54) is 18.2 Å². The maximum Gasteiger partial charge on any atom is 0.306 e. The zero-order valence-corrected chi connectivity index (χ0v) is 25.1. The Bertz CT molecular complexity index is 1490. The minimum absolute atomic E-state index is 0.218. The van der Waals surface area contributed by atoms with E-state index in [1.54, 1.807) is 4.57 Å². The number of aliphatic hydroxyl groups excluding tert-OH is 2. The van der Waals surface area contributed by atoms with Gasteiger partial charge in [0.2, 0.25) is 0 Å². The van der Waals surface area contributed by atoms with Gasteiger partial charge < -0.3 is 30.7 Å². The minimum Gasteiger partial charge on any atom is -0.461 e. The van der Waals surface area contributed by atoms with Crippen LogP contribution in [0.1, 0.15) is 30.2 Å². The second kappa shape index (κ2) is 15.4. The van der Waals surface area contributed by atoms with Crippen molar-refractivity contribution in [3.05, 3.63) is 83.4 Å². The summed E-state index contributed by atoms with van der Waals surface area (Å²) in [5, 5.41) is 26.0. The summed E-state index contributed by atoms with van der Waals surface area (Å²) in [5.74, 6) is -0.0499. The summed E-state index contributed by atoms with van der Waals surface area (Å²) in [7, 11) is 0. The average molecular weight is 624 g/mol. The summed E-state index contributed by atoms with van der Waals surface area (Å²) in [4.78, 5) is 27.0. The molecule has 0 unspecified atom stereocenters. The van der Waals surface area contributed by atoms with E-state index in [-0.39, 0.29) is 24.8 Å². The predicted octanol–water partition coefficient (Wildman–Crippen LogP) is 2.34. The van der Waals surface area contributed by atoms with Crippen LogP contribution in [0.25, 0.3) is 11.2 Å². The van der Waals surface area contributed by atoms with Gasteiger partial charge in [-0.1, -0.05) is 54.1 Å². The first-order valence-corrected chi connectivity index (χ1v) is 15.1. The highest BCUT2D eigenvalue weighted by Crippen LogP contribution is 2.32. The number of nitrogens with two attached hydrogens (primary N) is 1. The third-order valence-electron chi connectivity index (χ3n) is 7.64. The molecule has 0 spiro atoms. The molecular formula is C31H38ClN7O5. The number of aromatic nitrogens is 4. The van der Waals surface area contributed by atoms with Crippen LogP contribution < -0.4 is 11.1 Å². The van der Waals surface area contributed by atoms with Crippen LogP contribution in [0.5, 0.6) is 0 Å². The Balaban J connectivity index is 1.16. The summed E-state index contributed by atoms with van der Waals surface area (Å²) < 4.78 is 13.2. The second-order valence-electron chi connectivity index (χ2n) is 10.8. The molecule has 1 aliphatic heterocycles. The van der Waals surface area contributed by atoms with Gasteiger partial charge in [0.25, 0.3) is 0 Å². The van der Waals surface area contributed by atoms with E-state index in [4.69, 9.17) is 26.8 Å².